The minimum atomic E-state index is -4.21. The number of alkyl halides is 4. The number of thioether (sulfide) groups is 1. The monoisotopic (exact) mass is 549 g/mol. The zero-order valence-corrected chi connectivity index (χ0v) is 21.7. The van der Waals surface area contributed by atoms with Gasteiger partial charge in [0.25, 0.3) is 0 Å². The van der Waals surface area contributed by atoms with E-state index in [1.165, 1.54) is 11.8 Å². The van der Waals surface area contributed by atoms with Gasteiger partial charge in [0.15, 0.2) is 0 Å². The number of carbonyl (C=O) groups excluding carboxylic acids is 1. The summed E-state index contributed by atoms with van der Waals surface area (Å²) in [5, 5.41) is 39.0. The van der Waals surface area contributed by atoms with Crippen molar-refractivity contribution in [1.82, 2.24) is 16.0 Å². The van der Waals surface area contributed by atoms with Crippen LogP contribution in [0.3, 0.4) is 0 Å². The van der Waals surface area contributed by atoms with Crippen LogP contribution in [-0.4, -0.2) is 101 Å². The number of aliphatic hydroxyl groups is 3. The van der Waals surface area contributed by atoms with Gasteiger partial charge in [0, 0.05) is 6.42 Å². The molecule has 3 unspecified atom stereocenters. The number of halogens is 4. The number of carbonyl (C=O) groups is 1. The lowest BCUT2D eigenvalue weighted by molar-refractivity contribution is -0.130. The Kier molecular flexibility index (Phi) is 12.8. The second-order valence-electron chi connectivity index (χ2n) is 9.44. The van der Waals surface area contributed by atoms with E-state index in [0.717, 1.165) is 19.3 Å². The van der Waals surface area contributed by atoms with Gasteiger partial charge in [-0.05, 0) is 64.3 Å². The molecule has 2 rings (SSSR count). The summed E-state index contributed by atoms with van der Waals surface area (Å²) in [6.07, 6.45) is -3.81. The summed E-state index contributed by atoms with van der Waals surface area (Å²) in [5.74, 6) is 0.00694. The van der Waals surface area contributed by atoms with Gasteiger partial charge < -0.3 is 36.0 Å². The molecule has 0 aromatic heterocycles. The van der Waals surface area contributed by atoms with Crippen LogP contribution in [0.25, 0.3) is 0 Å². The van der Waals surface area contributed by atoms with E-state index >= 15 is 0 Å². The SMILES string of the molecule is CSC1C[C@H](O)C(O)C(O)[C@@H]([C@H](NC(=O)[C@@H]2CC[C@H](CCCNCC(F)(F)F)CCN2)[C@H](C)Cl)O1. The molecule has 0 saturated carbocycles. The Morgan fingerprint density at radius 2 is 1.94 bits per heavy atom. The molecule has 35 heavy (non-hydrogen) atoms. The zero-order chi connectivity index (χ0) is 26.2. The zero-order valence-electron chi connectivity index (χ0n) is 20.1. The summed E-state index contributed by atoms with van der Waals surface area (Å²) in [7, 11) is 0. The molecule has 0 bridgehead atoms. The van der Waals surface area contributed by atoms with E-state index in [4.69, 9.17) is 16.3 Å². The molecule has 0 radical (unpaired) electrons. The van der Waals surface area contributed by atoms with Crippen LogP contribution >= 0.6 is 23.4 Å². The summed E-state index contributed by atoms with van der Waals surface area (Å²) in [6, 6.07) is -1.30. The molecule has 206 valence electrons. The maximum absolute atomic E-state index is 13.1. The van der Waals surface area contributed by atoms with Crippen LogP contribution in [0.15, 0.2) is 0 Å². The van der Waals surface area contributed by atoms with Crippen molar-refractivity contribution in [3.05, 3.63) is 0 Å². The number of nitrogens with one attached hydrogen (secondary N) is 3. The molecule has 9 atom stereocenters. The van der Waals surface area contributed by atoms with Crippen LogP contribution in [0.4, 0.5) is 13.2 Å². The average molecular weight is 550 g/mol. The molecule has 0 spiro atoms. The van der Waals surface area contributed by atoms with Crippen molar-refractivity contribution in [2.75, 3.05) is 25.9 Å². The van der Waals surface area contributed by atoms with Gasteiger partial charge in [0.2, 0.25) is 5.91 Å². The number of aliphatic hydroxyl groups excluding tert-OH is 3. The maximum Gasteiger partial charge on any atom is 0.401 e. The molecule has 0 aromatic rings. The second kappa shape index (κ2) is 14.6. The normalized spacial score (nSPS) is 34.5. The Morgan fingerprint density at radius 1 is 1.23 bits per heavy atom. The van der Waals surface area contributed by atoms with Crippen molar-refractivity contribution in [1.29, 1.82) is 0 Å². The lowest BCUT2D eigenvalue weighted by atomic mass is 9.93. The van der Waals surface area contributed by atoms with Gasteiger partial charge in [-0.25, -0.2) is 0 Å². The van der Waals surface area contributed by atoms with Crippen LogP contribution in [0.2, 0.25) is 0 Å². The van der Waals surface area contributed by atoms with E-state index in [-0.39, 0.29) is 12.3 Å². The Bertz CT molecular complexity index is 652. The highest BCUT2D eigenvalue weighted by molar-refractivity contribution is 7.99. The first-order valence-electron chi connectivity index (χ1n) is 12.1. The average Bonchev–Trinajstić information content (AvgIpc) is 3.08. The number of rotatable bonds is 10. The van der Waals surface area contributed by atoms with Crippen LogP contribution < -0.4 is 16.0 Å². The predicted octanol–water partition coefficient (Wildman–Crippen LogP) is 1.35. The molecule has 2 aliphatic rings. The standard InChI is InChI=1S/C22H39ClF3N3O5S/c1-12(23)17(20-19(32)18(31)15(30)10-16(34-20)35-2)29-21(33)14-6-5-13(7-9-28-14)4-3-8-27-11-22(24,25)26/h12-20,27-28,30-32H,3-11H2,1-2H3,(H,29,33)/t12-,13-,14-,15-,16?,17+,18?,19?,20+/m0/s1. The van der Waals surface area contributed by atoms with E-state index in [1.807, 2.05) is 0 Å². The summed E-state index contributed by atoms with van der Waals surface area (Å²) >= 11 is 7.69. The fraction of sp³-hybridized carbons (Fsp3) is 0.955. The molecule has 2 fully saturated rings. The number of hydrogen-bond donors (Lipinski definition) is 6. The van der Waals surface area contributed by atoms with Crippen LogP contribution in [0, 0.1) is 5.92 Å². The maximum atomic E-state index is 13.1. The first kappa shape index (κ1) is 30.9. The largest absolute Gasteiger partial charge is 0.401 e. The molecule has 8 nitrogen and oxygen atoms in total. The van der Waals surface area contributed by atoms with Crippen molar-refractivity contribution >= 4 is 29.3 Å². The van der Waals surface area contributed by atoms with Gasteiger partial charge in [-0.15, -0.1) is 23.4 Å². The molecule has 2 aliphatic heterocycles. The van der Waals surface area contributed by atoms with E-state index in [2.05, 4.69) is 16.0 Å². The molecule has 2 saturated heterocycles. The fourth-order valence-corrected chi connectivity index (χ4v) is 5.45. The van der Waals surface area contributed by atoms with E-state index in [1.54, 1.807) is 13.2 Å². The molecular weight excluding hydrogens is 511 g/mol. The summed E-state index contributed by atoms with van der Waals surface area (Å²) < 4.78 is 42.6. The Morgan fingerprint density at radius 3 is 2.57 bits per heavy atom. The second-order valence-corrected chi connectivity index (χ2v) is 11.1. The predicted molar refractivity (Wildman–Crippen MR) is 129 cm³/mol. The number of amides is 1. The molecule has 0 aromatic carbocycles. The van der Waals surface area contributed by atoms with Crippen molar-refractivity contribution in [3.8, 4) is 0 Å². The topological polar surface area (TPSA) is 123 Å². The van der Waals surface area contributed by atoms with Gasteiger partial charge in [-0.2, -0.15) is 13.2 Å². The summed E-state index contributed by atoms with van der Waals surface area (Å²) in [4.78, 5) is 13.1. The highest BCUT2D eigenvalue weighted by Gasteiger charge is 2.44. The van der Waals surface area contributed by atoms with Gasteiger partial charge in [0.1, 0.15) is 23.7 Å². The van der Waals surface area contributed by atoms with Crippen molar-refractivity contribution in [2.45, 2.75) is 98.9 Å². The lowest BCUT2D eigenvalue weighted by Gasteiger charge is -2.35. The molecule has 6 N–H and O–H groups in total. The van der Waals surface area contributed by atoms with E-state index in [0.29, 0.717) is 31.8 Å². The third-order valence-electron chi connectivity index (χ3n) is 6.66. The highest BCUT2D eigenvalue weighted by Crippen LogP contribution is 2.29. The molecule has 2 heterocycles. The molecular formula is C22H39ClF3N3O5S. The van der Waals surface area contributed by atoms with E-state index in [9.17, 15) is 33.3 Å². The summed E-state index contributed by atoms with van der Waals surface area (Å²) in [6.45, 7) is 1.56. The smallest absolute Gasteiger partial charge is 0.390 e. The van der Waals surface area contributed by atoms with Gasteiger partial charge in [-0.3, -0.25) is 4.79 Å². The van der Waals surface area contributed by atoms with Crippen molar-refractivity contribution in [2.24, 2.45) is 5.92 Å². The Hall–Kier alpha value is -0.340. The van der Waals surface area contributed by atoms with Gasteiger partial charge >= 0.3 is 6.18 Å². The lowest BCUT2D eigenvalue weighted by Crippen LogP contribution is -2.59. The van der Waals surface area contributed by atoms with E-state index < -0.39 is 60.0 Å². The van der Waals surface area contributed by atoms with Gasteiger partial charge in [0.05, 0.1) is 30.1 Å². The first-order chi connectivity index (χ1) is 16.4. The Balaban J connectivity index is 1.91. The summed E-state index contributed by atoms with van der Waals surface area (Å²) in [5.41, 5.74) is -0.487. The van der Waals surface area contributed by atoms with Crippen LogP contribution in [-0.2, 0) is 9.53 Å². The minimum Gasteiger partial charge on any atom is -0.390 e. The third-order valence-corrected chi connectivity index (χ3v) is 7.76. The minimum absolute atomic E-state index is 0.129. The third kappa shape index (κ3) is 10.1. The fourth-order valence-electron chi connectivity index (χ4n) is 4.61. The van der Waals surface area contributed by atoms with Crippen molar-refractivity contribution in [3.63, 3.8) is 0 Å². The molecule has 13 heteroatoms. The molecule has 1 amide bonds. The molecule has 0 aliphatic carbocycles. The van der Waals surface area contributed by atoms with Crippen molar-refractivity contribution < 1.29 is 38.0 Å². The first-order valence-corrected chi connectivity index (χ1v) is 13.8. The van der Waals surface area contributed by atoms with Gasteiger partial charge in [-0.1, -0.05) is 0 Å². The Labute approximate surface area is 214 Å². The highest BCUT2D eigenvalue weighted by atomic mass is 35.5. The number of hydrogen-bond acceptors (Lipinski definition) is 8. The van der Waals surface area contributed by atoms with Crippen LogP contribution in [0.1, 0.15) is 45.4 Å². The van der Waals surface area contributed by atoms with Crippen LogP contribution in [0.5, 0.6) is 0 Å². The number of ether oxygens (including phenoxy) is 1. The quantitative estimate of drug-likeness (QED) is 0.178.